The van der Waals surface area contributed by atoms with Crippen molar-refractivity contribution in [2.75, 3.05) is 0 Å². The molecular formula is C22H29N7O8. The van der Waals surface area contributed by atoms with Gasteiger partial charge in [0.2, 0.25) is 11.8 Å². The molecule has 0 bridgehead atoms. The number of carbonyl (C=O) groups is 6. The van der Waals surface area contributed by atoms with Crippen molar-refractivity contribution in [3.05, 3.63) is 29.8 Å². The van der Waals surface area contributed by atoms with Crippen LogP contribution in [0.15, 0.2) is 29.3 Å². The Morgan fingerprint density at radius 1 is 1.14 bits per heavy atom. The second-order valence-corrected chi connectivity index (χ2v) is 8.61. The summed E-state index contributed by atoms with van der Waals surface area (Å²) in [6.07, 6.45) is -0.997. The minimum absolute atomic E-state index is 0.000842. The fourth-order valence-electron chi connectivity index (χ4n) is 3.67. The third-order valence-corrected chi connectivity index (χ3v) is 5.37. The number of aliphatic imine (C=N–C) groups is 1. The highest BCUT2D eigenvalue weighted by Gasteiger charge is 2.47. The zero-order valence-electron chi connectivity index (χ0n) is 20.4. The molecule has 200 valence electrons. The van der Waals surface area contributed by atoms with Crippen LogP contribution in [0.25, 0.3) is 0 Å². The lowest BCUT2D eigenvalue weighted by Gasteiger charge is -2.34. The van der Waals surface area contributed by atoms with Gasteiger partial charge in [-0.25, -0.2) is 19.6 Å². The number of benzene rings is 1. The summed E-state index contributed by atoms with van der Waals surface area (Å²) in [5.41, 5.74) is 11.7. The van der Waals surface area contributed by atoms with Crippen molar-refractivity contribution in [2.24, 2.45) is 22.4 Å². The summed E-state index contributed by atoms with van der Waals surface area (Å²) in [7, 11) is 0. The van der Waals surface area contributed by atoms with E-state index in [1.165, 1.54) is 13.8 Å². The van der Waals surface area contributed by atoms with Crippen molar-refractivity contribution in [1.82, 2.24) is 20.7 Å². The van der Waals surface area contributed by atoms with Crippen LogP contribution in [0.3, 0.4) is 0 Å². The Bertz CT molecular complexity index is 1110. The van der Waals surface area contributed by atoms with Gasteiger partial charge in [-0.2, -0.15) is 5.01 Å². The highest BCUT2D eigenvalue weighted by molar-refractivity contribution is 6.06. The Hall–Kier alpha value is -4.69. The Morgan fingerprint density at radius 2 is 1.73 bits per heavy atom. The summed E-state index contributed by atoms with van der Waals surface area (Å²) in [5.74, 6) is -6.68. The number of carboxylic acid groups (broad SMARTS) is 2. The quantitative estimate of drug-likeness (QED) is 0.117. The maximum atomic E-state index is 13.2. The molecule has 0 radical (unpaired) electrons. The summed E-state index contributed by atoms with van der Waals surface area (Å²) >= 11 is 0. The second-order valence-electron chi connectivity index (χ2n) is 8.61. The summed E-state index contributed by atoms with van der Waals surface area (Å²) in [5, 5.41) is 24.1. The van der Waals surface area contributed by atoms with Crippen LogP contribution in [-0.2, 0) is 30.4 Å². The topological polar surface area (TPSA) is 238 Å². The molecule has 1 aromatic rings. The van der Waals surface area contributed by atoms with Crippen LogP contribution < -0.4 is 22.1 Å². The van der Waals surface area contributed by atoms with Crippen molar-refractivity contribution in [3.8, 4) is 0 Å². The number of urea groups is 1. The SMILES string of the molecule is CC(=O)N([C@@H](CC(=O)O)C(=O)N[C@H](C(=O)O)C(C)C)N1C(=O)N[C@@H](Cc2ccc(N=C(N)N)cc2)C1=O. The number of imide groups is 1. The van der Waals surface area contributed by atoms with Crippen molar-refractivity contribution < 1.29 is 39.0 Å². The van der Waals surface area contributed by atoms with E-state index in [1.807, 2.05) is 0 Å². The number of rotatable bonds is 11. The minimum atomic E-state index is -1.89. The molecule has 15 nitrogen and oxygen atoms in total. The van der Waals surface area contributed by atoms with E-state index in [4.69, 9.17) is 11.5 Å². The maximum absolute atomic E-state index is 13.2. The van der Waals surface area contributed by atoms with Gasteiger partial charge in [-0.3, -0.25) is 19.2 Å². The number of hydrogen-bond acceptors (Lipinski definition) is 7. The lowest BCUT2D eigenvalue weighted by molar-refractivity contribution is -0.165. The first-order chi connectivity index (χ1) is 17.2. The average Bonchev–Trinajstić information content (AvgIpc) is 3.04. The molecule has 0 aliphatic carbocycles. The van der Waals surface area contributed by atoms with Gasteiger partial charge in [0.15, 0.2) is 5.96 Å². The molecule has 0 aromatic heterocycles. The number of nitrogens with two attached hydrogens (primary N) is 2. The van der Waals surface area contributed by atoms with Gasteiger partial charge in [0.25, 0.3) is 5.91 Å². The van der Waals surface area contributed by atoms with E-state index >= 15 is 0 Å². The first-order valence-corrected chi connectivity index (χ1v) is 11.1. The lowest BCUT2D eigenvalue weighted by atomic mass is 10.0. The molecule has 1 aromatic carbocycles. The van der Waals surface area contributed by atoms with Gasteiger partial charge in [-0.05, 0) is 23.6 Å². The molecular weight excluding hydrogens is 490 g/mol. The number of guanidine groups is 1. The third-order valence-electron chi connectivity index (χ3n) is 5.37. The molecule has 1 heterocycles. The Kier molecular flexibility index (Phi) is 9.13. The molecule has 1 saturated heterocycles. The number of hydrazine groups is 1. The molecule has 0 unspecified atom stereocenters. The summed E-state index contributed by atoms with van der Waals surface area (Å²) in [4.78, 5) is 78.3. The maximum Gasteiger partial charge on any atom is 0.344 e. The molecule has 8 N–H and O–H groups in total. The summed E-state index contributed by atoms with van der Waals surface area (Å²) in [6.45, 7) is 3.97. The van der Waals surface area contributed by atoms with Gasteiger partial charge in [0.05, 0.1) is 12.1 Å². The summed E-state index contributed by atoms with van der Waals surface area (Å²) in [6, 6.07) is 0.908. The highest BCUT2D eigenvalue weighted by Crippen LogP contribution is 2.21. The zero-order chi connectivity index (χ0) is 28.0. The van der Waals surface area contributed by atoms with Gasteiger partial charge in [0.1, 0.15) is 18.1 Å². The van der Waals surface area contributed by atoms with Gasteiger partial charge in [0, 0.05) is 13.3 Å². The number of aliphatic carboxylic acids is 2. The van der Waals surface area contributed by atoms with E-state index in [2.05, 4.69) is 15.6 Å². The molecule has 2 rings (SSSR count). The van der Waals surface area contributed by atoms with Crippen LogP contribution >= 0.6 is 0 Å². The Morgan fingerprint density at radius 3 is 2.19 bits per heavy atom. The first kappa shape index (κ1) is 28.5. The van der Waals surface area contributed by atoms with Crippen LogP contribution in [0.4, 0.5) is 10.5 Å². The first-order valence-electron chi connectivity index (χ1n) is 11.1. The second kappa shape index (κ2) is 11.8. The number of amides is 5. The largest absolute Gasteiger partial charge is 0.481 e. The van der Waals surface area contributed by atoms with Crippen LogP contribution in [0, 0.1) is 5.92 Å². The van der Waals surface area contributed by atoms with Crippen LogP contribution in [-0.4, -0.2) is 80.0 Å². The molecule has 5 amide bonds. The van der Waals surface area contributed by atoms with E-state index in [0.29, 0.717) is 21.3 Å². The monoisotopic (exact) mass is 519 g/mol. The summed E-state index contributed by atoms with van der Waals surface area (Å²) < 4.78 is 0. The van der Waals surface area contributed by atoms with E-state index in [0.717, 1.165) is 6.92 Å². The van der Waals surface area contributed by atoms with Crippen LogP contribution in [0.2, 0.25) is 0 Å². The molecule has 1 aliphatic rings. The lowest BCUT2D eigenvalue weighted by Crippen LogP contribution is -2.61. The van der Waals surface area contributed by atoms with Crippen molar-refractivity contribution in [1.29, 1.82) is 0 Å². The molecule has 1 fully saturated rings. The van der Waals surface area contributed by atoms with Crippen LogP contribution in [0.5, 0.6) is 0 Å². The van der Waals surface area contributed by atoms with Crippen molar-refractivity contribution in [3.63, 3.8) is 0 Å². The number of nitrogens with one attached hydrogen (secondary N) is 2. The van der Waals surface area contributed by atoms with Crippen molar-refractivity contribution in [2.45, 2.75) is 51.7 Å². The molecule has 1 aliphatic heterocycles. The zero-order valence-corrected chi connectivity index (χ0v) is 20.4. The minimum Gasteiger partial charge on any atom is -0.481 e. The highest BCUT2D eigenvalue weighted by atomic mass is 16.4. The van der Waals surface area contributed by atoms with Gasteiger partial charge in [-0.15, -0.1) is 0 Å². The number of carboxylic acids is 2. The van der Waals surface area contributed by atoms with Gasteiger partial charge in [-0.1, -0.05) is 26.0 Å². The predicted molar refractivity (Wildman–Crippen MR) is 128 cm³/mol. The van der Waals surface area contributed by atoms with Gasteiger partial charge < -0.3 is 32.3 Å². The normalized spacial score (nSPS) is 16.5. The standard InChI is InChI=1S/C22H29N7O8/c1-10(2)17(20(35)36)27-18(33)15(9-16(31)32)28(11(3)30)29-19(34)14(26-22(29)37)8-12-4-6-13(7-5-12)25-21(23)24/h4-7,10,14-15,17H,8-9H2,1-3H3,(H,26,37)(H,27,33)(H,31,32)(H,35,36)(H4,23,24,25)/t14-,15-,17-/m0/s1. The van der Waals surface area contributed by atoms with E-state index in [1.54, 1.807) is 24.3 Å². The third kappa shape index (κ3) is 7.16. The van der Waals surface area contributed by atoms with E-state index in [-0.39, 0.29) is 12.4 Å². The van der Waals surface area contributed by atoms with E-state index in [9.17, 15) is 39.0 Å². The Balaban J connectivity index is 2.33. The van der Waals surface area contributed by atoms with Crippen molar-refractivity contribution >= 4 is 47.3 Å². The molecule has 0 saturated carbocycles. The predicted octanol–water partition coefficient (Wildman–Crippen LogP) is -1.11. The fourth-order valence-corrected chi connectivity index (χ4v) is 3.67. The number of hydrogen-bond donors (Lipinski definition) is 6. The number of nitrogens with zero attached hydrogens (tertiary/aromatic N) is 3. The number of carbonyl (C=O) groups excluding carboxylic acids is 4. The van der Waals surface area contributed by atoms with E-state index < -0.39 is 66.2 Å². The molecule has 3 atom stereocenters. The molecule has 15 heteroatoms. The molecule has 37 heavy (non-hydrogen) atoms. The average molecular weight is 520 g/mol. The van der Waals surface area contributed by atoms with Crippen LogP contribution in [0.1, 0.15) is 32.8 Å². The fraction of sp³-hybridized carbons (Fsp3) is 0.409. The molecule has 0 spiro atoms. The Labute approximate surface area is 211 Å². The smallest absolute Gasteiger partial charge is 0.344 e. The van der Waals surface area contributed by atoms with Gasteiger partial charge >= 0.3 is 18.0 Å².